The summed E-state index contributed by atoms with van der Waals surface area (Å²) in [7, 11) is 1.70. The van der Waals surface area contributed by atoms with E-state index >= 15 is 0 Å². The molecule has 0 atom stereocenters. The molecule has 0 saturated heterocycles. The number of amides is 1. The molecule has 0 aromatic carbocycles. The van der Waals surface area contributed by atoms with Gasteiger partial charge in [-0.15, -0.1) is 0 Å². The SMILES string of the molecule is COCCCCNCCOCC(N)=O. The molecule has 0 aliphatic heterocycles. The zero-order chi connectivity index (χ0) is 10.6. The molecule has 5 heteroatoms. The van der Waals surface area contributed by atoms with E-state index in [9.17, 15) is 4.79 Å². The Kier molecular flexibility index (Phi) is 9.95. The monoisotopic (exact) mass is 204 g/mol. The number of hydrogen-bond donors (Lipinski definition) is 2. The van der Waals surface area contributed by atoms with Crippen molar-refractivity contribution in [2.75, 3.05) is 40.0 Å². The normalized spacial score (nSPS) is 10.4. The van der Waals surface area contributed by atoms with Crippen LogP contribution in [0.1, 0.15) is 12.8 Å². The third-order valence-corrected chi connectivity index (χ3v) is 1.62. The fourth-order valence-corrected chi connectivity index (χ4v) is 0.938. The van der Waals surface area contributed by atoms with E-state index in [1.54, 1.807) is 7.11 Å². The molecule has 1 amide bonds. The highest BCUT2D eigenvalue weighted by Crippen LogP contribution is 1.86. The number of hydrogen-bond acceptors (Lipinski definition) is 4. The van der Waals surface area contributed by atoms with Crippen LogP contribution in [0.2, 0.25) is 0 Å². The molecule has 0 radical (unpaired) electrons. The van der Waals surface area contributed by atoms with Gasteiger partial charge in [0.1, 0.15) is 6.61 Å². The Morgan fingerprint density at radius 3 is 2.71 bits per heavy atom. The topological polar surface area (TPSA) is 73.6 Å². The van der Waals surface area contributed by atoms with Crippen LogP contribution in [0.5, 0.6) is 0 Å². The molecule has 0 aliphatic carbocycles. The Morgan fingerprint density at radius 1 is 1.29 bits per heavy atom. The van der Waals surface area contributed by atoms with Crippen LogP contribution in [0.25, 0.3) is 0 Å². The number of rotatable bonds is 10. The summed E-state index contributed by atoms with van der Waals surface area (Å²) in [4.78, 5) is 10.3. The number of methoxy groups -OCH3 is 1. The second-order valence-corrected chi connectivity index (χ2v) is 2.97. The first-order valence-corrected chi connectivity index (χ1v) is 4.83. The van der Waals surface area contributed by atoms with Crippen molar-refractivity contribution in [3.8, 4) is 0 Å². The lowest BCUT2D eigenvalue weighted by molar-refractivity contribution is -0.122. The number of ether oxygens (including phenoxy) is 2. The predicted octanol–water partition coefficient (Wildman–Crippen LogP) is -0.495. The molecule has 0 bridgehead atoms. The third kappa shape index (κ3) is 11.4. The van der Waals surface area contributed by atoms with Crippen molar-refractivity contribution in [3.63, 3.8) is 0 Å². The number of nitrogens with two attached hydrogens (primary N) is 1. The Labute approximate surface area is 84.9 Å². The molecular formula is C9H20N2O3. The van der Waals surface area contributed by atoms with Gasteiger partial charge < -0.3 is 20.5 Å². The molecule has 0 aromatic rings. The summed E-state index contributed by atoms with van der Waals surface area (Å²) in [5.41, 5.74) is 4.89. The number of carbonyl (C=O) groups is 1. The van der Waals surface area contributed by atoms with Crippen molar-refractivity contribution in [3.05, 3.63) is 0 Å². The second kappa shape index (κ2) is 10.4. The van der Waals surface area contributed by atoms with E-state index in [1.807, 2.05) is 0 Å². The van der Waals surface area contributed by atoms with Gasteiger partial charge >= 0.3 is 0 Å². The van der Waals surface area contributed by atoms with Crippen molar-refractivity contribution in [1.29, 1.82) is 0 Å². The summed E-state index contributed by atoms with van der Waals surface area (Å²) < 4.78 is 9.87. The molecule has 84 valence electrons. The smallest absolute Gasteiger partial charge is 0.243 e. The van der Waals surface area contributed by atoms with Crippen LogP contribution in [0, 0.1) is 0 Å². The van der Waals surface area contributed by atoms with Gasteiger partial charge in [0.2, 0.25) is 5.91 Å². The van der Waals surface area contributed by atoms with E-state index in [0.717, 1.165) is 32.5 Å². The summed E-state index contributed by atoms with van der Waals surface area (Å²) in [6.07, 6.45) is 2.15. The molecule has 0 aliphatic rings. The molecule has 0 saturated carbocycles. The highest BCUT2D eigenvalue weighted by atomic mass is 16.5. The van der Waals surface area contributed by atoms with Crippen molar-refractivity contribution in [2.24, 2.45) is 5.73 Å². The first-order valence-electron chi connectivity index (χ1n) is 4.83. The predicted molar refractivity (Wildman–Crippen MR) is 54.0 cm³/mol. The molecule has 0 heterocycles. The second-order valence-electron chi connectivity index (χ2n) is 2.97. The zero-order valence-electron chi connectivity index (χ0n) is 8.75. The first kappa shape index (κ1) is 13.4. The lowest BCUT2D eigenvalue weighted by Gasteiger charge is -2.04. The molecule has 0 unspecified atom stereocenters. The molecule has 0 spiro atoms. The summed E-state index contributed by atoms with van der Waals surface area (Å²) in [5, 5.41) is 3.19. The van der Waals surface area contributed by atoms with Gasteiger partial charge in [0.05, 0.1) is 6.61 Å². The maximum atomic E-state index is 10.3. The number of primary amides is 1. The minimum absolute atomic E-state index is 0.00531. The average Bonchev–Trinajstić information content (AvgIpc) is 2.15. The van der Waals surface area contributed by atoms with E-state index in [0.29, 0.717) is 6.61 Å². The largest absolute Gasteiger partial charge is 0.385 e. The lowest BCUT2D eigenvalue weighted by atomic mass is 10.3. The van der Waals surface area contributed by atoms with Crippen LogP contribution < -0.4 is 11.1 Å². The van der Waals surface area contributed by atoms with Crippen molar-refractivity contribution in [1.82, 2.24) is 5.32 Å². The van der Waals surface area contributed by atoms with Crippen molar-refractivity contribution < 1.29 is 14.3 Å². The lowest BCUT2D eigenvalue weighted by Crippen LogP contribution is -2.24. The Bertz CT molecular complexity index is 142. The Balaban J connectivity index is 2.88. The number of nitrogens with one attached hydrogen (secondary N) is 1. The molecule has 3 N–H and O–H groups in total. The zero-order valence-corrected chi connectivity index (χ0v) is 8.75. The van der Waals surface area contributed by atoms with Gasteiger partial charge in [0.15, 0.2) is 0 Å². The summed E-state index contributed by atoms with van der Waals surface area (Å²) in [5.74, 6) is -0.426. The van der Waals surface area contributed by atoms with E-state index < -0.39 is 5.91 Å². The quantitative estimate of drug-likeness (QED) is 0.471. The van der Waals surface area contributed by atoms with Crippen LogP contribution in [-0.4, -0.2) is 45.9 Å². The molecular weight excluding hydrogens is 184 g/mol. The Hall–Kier alpha value is -0.650. The van der Waals surface area contributed by atoms with Gasteiger partial charge in [-0.2, -0.15) is 0 Å². The minimum Gasteiger partial charge on any atom is -0.385 e. The van der Waals surface area contributed by atoms with Crippen molar-refractivity contribution in [2.45, 2.75) is 12.8 Å². The number of unbranched alkanes of at least 4 members (excludes halogenated alkanes) is 1. The molecule has 0 aromatic heterocycles. The molecule has 0 rings (SSSR count). The van der Waals surface area contributed by atoms with Gasteiger partial charge in [0, 0.05) is 20.3 Å². The highest BCUT2D eigenvalue weighted by molar-refractivity contribution is 5.74. The maximum absolute atomic E-state index is 10.3. The third-order valence-electron chi connectivity index (χ3n) is 1.62. The van der Waals surface area contributed by atoms with Crippen LogP contribution in [0.15, 0.2) is 0 Å². The molecule has 14 heavy (non-hydrogen) atoms. The van der Waals surface area contributed by atoms with Gasteiger partial charge in [0.25, 0.3) is 0 Å². The van der Waals surface area contributed by atoms with Gasteiger partial charge in [-0.3, -0.25) is 4.79 Å². The van der Waals surface area contributed by atoms with Gasteiger partial charge in [-0.05, 0) is 19.4 Å². The van der Waals surface area contributed by atoms with E-state index in [-0.39, 0.29) is 6.61 Å². The van der Waals surface area contributed by atoms with Crippen LogP contribution in [0.3, 0.4) is 0 Å². The van der Waals surface area contributed by atoms with Gasteiger partial charge in [-0.25, -0.2) is 0 Å². The van der Waals surface area contributed by atoms with E-state index in [4.69, 9.17) is 15.2 Å². The van der Waals surface area contributed by atoms with E-state index in [2.05, 4.69) is 5.32 Å². The standard InChI is InChI=1S/C9H20N2O3/c1-13-6-3-2-4-11-5-7-14-8-9(10)12/h11H,2-8H2,1H3,(H2,10,12). The van der Waals surface area contributed by atoms with Crippen LogP contribution >= 0.6 is 0 Å². The summed E-state index contributed by atoms with van der Waals surface area (Å²) in [6, 6.07) is 0. The fraction of sp³-hybridized carbons (Fsp3) is 0.889. The fourth-order valence-electron chi connectivity index (χ4n) is 0.938. The maximum Gasteiger partial charge on any atom is 0.243 e. The minimum atomic E-state index is -0.426. The van der Waals surface area contributed by atoms with Crippen molar-refractivity contribution >= 4 is 5.91 Å². The van der Waals surface area contributed by atoms with Crippen LogP contribution in [0.4, 0.5) is 0 Å². The summed E-state index contributed by atoms with van der Waals surface area (Å²) in [6.45, 7) is 3.03. The summed E-state index contributed by atoms with van der Waals surface area (Å²) >= 11 is 0. The number of carbonyl (C=O) groups excluding carboxylic acids is 1. The average molecular weight is 204 g/mol. The van der Waals surface area contributed by atoms with Gasteiger partial charge in [-0.1, -0.05) is 0 Å². The van der Waals surface area contributed by atoms with Crippen LogP contribution in [-0.2, 0) is 14.3 Å². The Morgan fingerprint density at radius 2 is 2.07 bits per heavy atom. The molecule has 0 fully saturated rings. The highest BCUT2D eigenvalue weighted by Gasteiger charge is 1.93. The molecule has 5 nitrogen and oxygen atoms in total. The van der Waals surface area contributed by atoms with E-state index in [1.165, 1.54) is 0 Å². The first-order chi connectivity index (χ1) is 6.77.